The molecule has 3 aromatic rings. The fraction of sp³-hybridized carbons (Fsp3) is 0.765. The van der Waals surface area contributed by atoms with Gasteiger partial charge in [0.2, 0.25) is 0 Å². The van der Waals surface area contributed by atoms with Gasteiger partial charge in [0, 0.05) is 35.9 Å². The number of hydrogen-bond acceptors (Lipinski definition) is 4. The summed E-state index contributed by atoms with van der Waals surface area (Å²) in [5.41, 5.74) is 7.95. The number of hydrogen-bond donors (Lipinski definition) is 2. The molecule has 4 nitrogen and oxygen atoms in total. The molecule has 1 aliphatic carbocycles. The van der Waals surface area contributed by atoms with E-state index in [0.29, 0.717) is 35.5 Å². The average molecular weight is 996 g/mol. The molecule has 4 heteroatoms. The van der Waals surface area contributed by atoms with E-state index in [1.165, 1.54) is 98.1 Å². The molecule has 72 heavy (non-hydrogen) atoms. The number of aromatic nitrogens is 2. The van der Waals surface area contributed by atoms with Gasteiger partial charge in [0.05, 0.1) is 0 Å². The topological polar surface area (TPSA) is 49.8 Å². The van der Waals surface area contributed by atoms with Gasteiger partial charge in [-0.3, -0.25) is 9.97 Å². The third-order valence-corrected chi connectivity index (χ3v) is 16.3. The maximum atomic E-state index is 4.57. The number of benzene rings is 1. The molecule has 1 aromatic carbocycles. The predicted molar refractivity (Wildman–Crippen MR) is 323 cm³/mol. The van der Waals surface area contributed by atoms with Gasteiger partial charge >= 0.3 is 0 Å². The molecule has 0 radical (unpaired) electrons. The molecule has 414 valence electrons. The Morgan fingerprint density at radius 2 is 0.708 bits per heavy atom. The lowest BCUT2D eigenvalue weighted by molar-refractivity contribution is 0.177. The molecular weight excluding hydrogens is 873 g/mol. The van der Waals surface area contributed by atoms with Crippen molar-refractivity contribution in [2.45, 2.75) is 265 Å². The van der Waals surface area contributed by atoms with Crippen molar-refractivity contribution in [3.63, 3.8) is 0 Å². The third-order valence-electron chi connectivity index (χ3n) is 16.3. The Labute approximate surface area is 450 Å². The number of pyridine rings is 2. The van der Waals surface area contributed by atoms with E-state index in [0.717, 1.165) is 71.3 Å². The SMILES string of the molecule is CC(C)C1CCCC(C(C)C)C1.CC(C)C1CCCC(C(C)C)N1.CC(C)C1CNCC(C(C)C)C1.CC(C)c1cccc(C(C)C)c1.CC(C)c1cccc(C(C)C)n1.CC(C)c1cncc(C(C)C)c1. The van der Waals surface area contributed by atoms with E-state index in [-0.39, 0.29) is 0 Å². The summed E-state index contributed by atoms with van der Waals surface area (Å²) in [6.45, 7) is 57.1. The molecule has 6 atom stereocenters. The van der Waals surface area contributed by atoms with Crippen LogP contribution in [0.25, 0.3) is 0 Å². The van der Waals surface area contributed by atoms with Crippen LogP contribution in [0.4, 0.5) is 0 Å². The predicted octanol–water partition coefficient (Wildman–Crippen LogP) is 20.0. The fourth-order valence-electron chi connectivity index (χ4n) is 10.1. The van der Waals surface area contributed by atoms with Crippen molar-refractivity contribution in [1.29, 1.82) is 0 Å². The van der Waals surface area contributed by atoms with Crippen LogP contribution in [0.2, 0.25) is 0 Å². The third kappa shape index (κ3) is 26.8. The van der Waals surface area contributed by atoms with Crippen molar-refractivity contribution in [2.75, 3.05) is 13.1 Å². The van der Waals surface area contributed by atoms with E-state index in [9.17, 15) is 0 Å². The van der Waals surface area contributed by atoms with Crippen molar-refractivity contribution < 1.29 is 0 Å². The van der Waals surface area contributed by atoms with E-state index in [1.807, 2.05) is 12.4 Å². The minimum absolute atomic E-state index is 0.531. The lowest BCUT2D eigenvalue weighted by atomic mass is 9.72. The lowest BCUT2D eigenvalue weighted by Gasteiger charge is -2.35. The first-order valence-corrected chi connectivity index (χ1v) is 30.1. The summed E-state index contributed by atoms with van der Waals surface area (Å²) < 4.78 is 0. The number of piperidine rings is 2. The average Bonchev–Trinajstić information content (AvgIpc) is 3.35. The zero-order chi connectivity index (χ0) is 54.8. The molecule has 0 amide bonds. The van der Waals surface area contributed by atoms with Crippen molar-refractivity contribution in [3.8, 4) is 0 Å². The highest BCUT2D eigenvalue weighted by Gasteiger charge is 2.27. The number of nitrogens with zero attached hydrogens (tertiary/aromatic N) is 2. The molecule has 0 spiro atoms. The van der Waals surface area contributed by atoms with Crippen LogP contribution in [-0.2, 0) is 0 Å². The normalized spacial score (nSPS) is 21.3. The van der Waals surface area contributed by atoms with Crippen LogP contribution in [0.1, 0.15) is 287 Å². The maximum Gasteiger partial charge on any atom is 0.0432 e. The highest BCUT2D eigenvalue weighted by molar-refractivity contribution is 5.27. The molecule has 2 N–H and O–H groups in total. The van der Waals surface area contributed by atoms with E-state index >= 15 is 0 Å². The quantitative estimate of drug-likeness (QED) is 0.190. The molecule has 2 saturated heterocycles. The minimum atomic E-state index is 0.531. The first-order chi connectivity index (χ1) is 33.7. The molecule has 2 aromatic heterocycles. The standard InChI is InChI=1S/C12H24.C12H18.C11H23N.C11H17N.C11H23N.C11H17N/c2*1-9(2)11-6-5-7-12(8-11)10(3)4;2*1-8(2)10-5-11(9(3)4)7-12-6-10;2*1-8(2)10-6-5-7-11(12-10)9(3)4/h9-12H,5-8H2,1-4H3;5-10H,1-4H3;8-12H,5-7H2,1-4H3;5-9H,1-4H3;8-12H,5-7H2,1-4H3;5-9H,1-4H3. The second-order valence-corrected chi connectivity index (χ2v) is 26.5. The van der Waals surface area contributed by atoms with Gasteiger partial charge in [0.25, 0.3) is 0 Å². The lowest BCUT2D eigenvalue weighted by Crippen LogP contribution is -2.47. The highest BCUT2D eigenvalue weighted by Crippen LogP contribution is 2.37. The van der Waals surface area contributed by atoms with E-state index in [2.05, 4.69) is 235 Å². The summed E-state index contributed by atoms with van der Waals surface area (Å²) in [6.07, 6.45) is 15.5. The molecule has 3 fully saturated rings. The summed E-state index contributed by atoms with van der Waals surface area (Å²) in [5.74, 6) is 12.5. The zero-order valence-corrected chi connectivity index (χ0v) is 52.1. The van der Waals surface area contributed by atoms with Gasteiger partial charge in [-0.1, -0.05) is 228 Å². The second-order valence-electron chi connectivity index (χ2n) is 26.5. The van der Waals surface area contributed by atoms with Gasteiger partial charge < -0.3 is 10.6 Å². The van der Waals surface area contributed by atoms with Gasteiger partial charge in [-0.25, -0.2) is 0 Å². The maximum absolute atomic E-state index is 4.57. The first kappa shape index (κ1) is 67.5. The van der Waals surface area contributed by atoms with Crippen LogP contribution in [0, 0.1) is 59.2 Å². The first-order valence-electron chi connectivity index (χ1n) is 30.1. The molecule has 2 aliphatic heterocycles. The molecule has 6 rings (SSSR count). The largest absolute Gasteiger partial charge is 0.316 e. The van der Waals surface area contributed by atoms with Gasteiger partial charge in [-0.15, -0.1) is 0 Å². The Balaban J connectivity index is 0.000000432. The number of nitrogens with one attached hydrogen (secondary N) is 2. The Morgan fingerprint density at radius 1 is 0.375 bits per heavy atom. The molecular formula is C68H122N4. The van der Waals surface area contributed by atoms with Crippen LogP contribution in [0.3, 0.4) is 0 Å². The Morgan fingerprint density at radius 3 is 1.04 bits per heavy atom. The van der Waals surface area contributed by atoms with Crippen LogP contribution in [0.15, 0.2) is 60.9 Å². The van der Waals surface area contributed by atoms with Gasteiger partial charge in [0.15, 0.2) is 0 Å². The van der Waals surface area contributed by atoms with Crippen molar-refractivity contribution >= 4 is 0 Å². The van der Waals surface area contributed by atoms with Crippen LogP contribution in [0.5, 0.6) is 0 Å². The molecule has 4 heterocycles. The Hall–Kier alpha value is -2.56. The van der Waals surface area contributed by atoms with Crippen LogP contribution >= 0.6 is 0 Å². The second kappa shape index (κ2) is 35.7. The summed E-state index contributed by atoms with van der Waals surface area (Å²) in [7, 11) is 0. The van der Waals surface area contributed by atoms with E-state index in [1.54, 1.807) is 0 Å². The van der Waals surface area contributed by atoms with Gasteiger partial charge in [-0.2, -0.15) is 0 Å². The van der Waals surface area contributed by atoms with E-state index < -0.39 is 0 Å². The van der Waals surface area contributed by atoms with Crippen molar-refractivity contribution in [2.24, 2.45) is 59.2 Å². The summed E-state index contributed by atoms with van der Waals surface area (Å²) in [6, 6.07) is 19.0. The minimum Gasteiger partial charge on any atom is -0.316 e. The Kier molecular flexibility index (Phi) is 33.4. The summed E-state index contributed by atoms with van der Waals surface area (Å²) in [4.78, 5) is 8.80. The van der Waals surface area contributed by atoms with Crippen molar-refractivity contribution in [1.82, 2.24) is 20.6 Å². The number of rotatable bonds is 12. The van der Waals surface area contributed by atoms with E-state index in [4.69, 9.17) is 0 Å². The monoisotopic (exact) mass is 995 g/mol. The smallest absolute Gasteiger partial charge is 0.0432 e. The zero-order valence-electron chi connectivity index (χ0n) is 52.1. The summed E-state index contributed by atoms with van der Waals surface area (Å²) in [5, 5.41) is 7.30. The highest BCUT2D eigenvalue weighted by atomic mass is 15.0. The molecule has 6 unspecified atom stereocenters. The van der Waals surface area contributed by atoms with Crippen molar-refractivity contribution in [3.05, 3.63) is 94.6 Å². The van der Waals surface area contributed by atoms with Gasteiger partial charge in [-0.05, 0) is 168 Å². The summed E-state index contributed by atoms with van der Waals surface area (Å²) >= 11 is 0. The van der Waals surface area contributed by atoms with Crippen LogP contribution in [-0.4, -0.2) is 35.1 Å². The fourth-order valence-corrected chi connectivity index (χ4v) is 10.1. The van der Waals surface area contributed by atoms with Gasteiger partial charge in [0.1, 0.15) is 0 Å². The Bertz CT molecular complexity index is 1480. The molecule has 0 bridgehead atoms. The van der Waals surface area contributed by atoms with Crippen LogP contribution < -0.4 is 10.6 Å². The molecule has 1 saturated carbocycles. The molecule has 3 aliphatic rings.